The maximum atomic E-state index is 4.82. The van der Waals surface area contributed by atoms with Crippen LogP contribution in [0.5, 0.6) is 0 Å². The van der Waals surface area contributed by atoms with Gasteiger partial charge < -0.3 is 5.32 Å². The summed E-state index contributed by atoms with van der Waals surface area (Å²) >= 11 is 3.78. The van der Waals surface area contributed by atoms with Crippen LogP contribution >= 0.6 is 23.1 Å². The fourth-order valence-corrected chi connectivity index (χ4v) is 3.61. The summed E-state index contributed by atoms with van der Waals surface area (Å²) in [7, 11) is 0. The molecule has 0 bridgehead atoms. The molecule has 4 heteroatoms. The first-order chi connectivity index (χ1) is 8.24. The van der Waals surface area contributed by atoms with Crippen molar-refractivity contribution in [2.45, 2.75) is 57.4 Å². The molecule has 1 aromatic heterocycles. The van der Waals surface area contributed by atoms with Crippen LogP contribution in [0.2, 0.25) is 0 Å². The number of rotatable bonds is 7. The van der Waals surface area contributed by atoms with Crippen molar-refractivity contribution in [1.29, 1.82) is 0 Å². The summed E-state index contributed by atoms with van der Waals surface area (Å²) in [6, 6.07) is 0.605. The Morgan fingerprint density at radius 1 is 1.53 bits per heavy atom. The van der Waals surface area contributed by atoms with Gasteiger partial charge in [-0.25, -0.2) is 4.98 Å². The monoisotopic (exact) mass is 270 g/mol. The maximum Gasteiger partial charge on any atom is 0.103 e. The first kappa shape index (κ1) is 13.4. The SMILES string of the molecule is CCC(C)NCc1sc(CSC)nc1C1CC1. The summed E-state index contributed by atoms with van der Waals surface area (Å²) in [5, 5.41) is 4.90. The lowest BCUT2D eigenvalue weighted by atomic mass is 10.2. The molecular weight excluding hydrogens is 248 g/mol. The van der Waals surface area contributed by atoms with Gasteiger partial charge in [0.05, 0.1) is 5.69 Å². The van der Waals surface area contributed by atoms with Gasteiger partial charge in [0.15, 0.2) is 0 Å². The topological polar surface area (TPSA) is 24.9 Å². The summed E-state index contributed by atoms with van der Waals surface area (Å²) in [4.78, 5) is 6.31. The van der Waals surface area contributed by atoms with Gasteiger partial charge in [-0.2, -0.15) is 11.8 Å². The third-order valence-corrected chi connectivity index (χ3v) is 5.04. The first-order valence-electron chi connectivity index (χ1n) is 6.45. The number of aromatic nitrogens is 1. The van der Waals surface area contributed by atoms with E-state index in [-0.39, 0.29) is 0 Å². The second-order valence-electron chi connectivity index (χ2n) is 4.81. The average Bonchev–Trinajstić information content (AvgIpc) is 3.09. The molecule has 1 aliphatic rings. The summed E-state index contributed by atoms with van der Waals surface area (Å²) in [5.74, 6) is 1.84. The van der Waals surface area contributed by atoms with Crippen LogP contribution in [0.3, 0.4) is 0 Å². The Bertz CT molecular complexity index is 358. The van der Waals surface area contributed by atoms with Crippen molar-refractivity contribution in [3.63, 3.8) is 0 Å². The van der Waals surface area contributed by atoms with Crippen molar-refractivity contribution >= 4 is 23.1 Å². The lowest BCUT2D eigenvalue weighted by Crippen LogP contribution is -2.24. The van der Waals surface area contributed by atoms with Crippen molar-refractivity contribution in [2.75, 3.05) is 6.26 Å². The number of thiazole rings is 1. The van der Waals surface area contributed by atoms with Crippen LogP contribution in [-0.2, 0) is 12.3 Å². The number of nitrogens with zero attached hydrogens (tertiary/aromatic N) is 1. The quantitative estimate of drug-likeness (QED) is 0.816. The number of hydrogen-bond acceptors (Lipinski definition) is 4. The molecule has 1 unspecified atom stereocenters. The van der Waals surface area contributed by atoms with E-state index in [1.807, 2.05) is 23.1 Å². The summed E-state index contributed by atoms with van der Waals surface area (Å²) in [6.45, 7) is 5.48. The Morgan fingerprint density at radius 2 is 2.29 bits per heavy atom. The fourth-order valence-electron chi connectivity index (χ4n) is 1.81. The van der Waals surface area contributed by atoms with E-state index in [1.54, 1.807) is 0 Å². The third kappa shape index (κ3) is 3.70. The van der Waals surface area contributed by atoms with E-state index in [0.29, 0.717) is 6.04 Å². The molecule has 0 radical (unpaired) electrons. The Morgan fingerprint density at radius 3 is 2.88 bits per heavy atom. The largest absolute Gasteiger partial charge is 0.309 e. The van der Waals surface area contributed by atoms with Crippen LogP contribution in [0, 0.1) is 0 Å². The molecule has 96 valence electrons. The minimum Gasteiger partial charge on any atom is -0.309 e. The molecule has 1 atom stereocenters. The zero-order valence-corrected chi connectivity index (χ0v) is 12.6. The predicted molar refractivity (Wildman–Crippen MR) is 77.9 cm³/mol. The maximum absolute atomic E-state index is 4.82. The predicted octanol–water partition coefficient (Wildman–Crippen LogP) is 3.77. The van der Waals surface area contributed by atoms with Gasteiger partial charge in [-0.3, -0.25) is 0 Å². The van der Waals surface area contributed by atoms with Crippen LogP contribution in [0.25, 0.3) is 0 Å². The standard InChI is InChI=1S/C13H22N2S2/c1-4-9(2)14-7-11-13(10-5-6-10)15-12(17-11)8-16-3/h9-10,14H,4-8H2,1-3H3. The van der Waals surface area contributed by atoms with Gasteiger partial charge in [-0.05, 0) is 32.4 Å². The Labute approximate surface area is 113 Å². The van der Waals surface area contributed by atoms with E-state index in [1.165, 1.54) is 34.8 Å². The Balaban J connectivity index is 2.02. The molecule has 0 aliphatic heterocycles. The van der Waals surface area contributed by atoms with Gasteiger partial charge in [0, 0.05) is 29.1 Å². The van der Waals surface area contributed by atoms with Crippen molar-refractivity contribution in [1.82, 2.24) is 10.3 Å². The smallest absolute Gasteiger partial charge is 0.103 e. The van der Waals surface area contributed by atoms with Crippen molar-refractivity contribution in [3.8, 4) is 0 Å². The Hall–Kier alpha value is -0.0600. The molecule has 1 aliphatic carbocycles. The molecule has 0 aromatic carbocycles. The van der Waals surface area contributed by atoms with E-state index in [2.05, 4.69) is 25.4 Å². The first-order valence-corrected chi connectivity index (χ1v) is 8.66. The van der Waals surface area contributed by atoms with Crippen LogP contribution in [-0.4, -0.2) is 17.3 Å². The lowest BCUT2D eigenvalue weighted by Gasteiger charge is -2.10. The van der Waals surface area contributed by atoms with Gasteiger partial charge in [-0.1, -0.05) is 6.92 Å². The Kier molecular flexibility index (Phi) is 4.88. The molecule has 0 spiro atoms. The minimum atomic E-state index is 0.605. The van der Waals surface area contributed by atoms with Gasteiger partial charge in [-0.15, -0.1) is 11.3 Å². The summed E-state index contributed by atoms with van der Waals surface area (Å²) < 4.78 is 0. The van der Waals surface area contributed by atoms with Crippen LogP contribution < -0.4 is 5.32 Å². The van der Waals surface area contributed by atoms with Crippen molar-refractivity contribution in [3.05, 3.63) is 15.6 Å². The van der Waals surface area contributed by atoms with E-state index < -0.39 is 0 Å². The highest BCUT2D eigenvalue weighted by molar-refractivity contribution is 7.97. The molecule has 2 rings (SSSR count). The second-order valence-corrected chi connectivity index (χ2v) is 6.85. The van der Waals surface area contributed by atoms with Gasteiger partial charge in [0.2, 0.25) is 0 Å². The van der Waals surface area contributed by atoms with Gasteiger partial charge in [0.1, 0.15) is 5.01 Å². The molecular formula is C13H22N2S2. The van der Waals surface area contributed by atoms with E-state index in [4.69, 9.17) is 4.98 Å². The molecule has 1 N–H and O–H groups in total. The fraction of sp³-hybridized carbons (Fsp3) is 0.769. The number of hydrogen-bond donors (Lipinski definition) is 1. The molecule has 17 heavy (non-hydrogen) atoms. The number of thioether (sulfide) groups is 1. The molecule has 0 saturated heterocycles. The van der Waals surface area contributed by atoms with Crippen LogP contribution in [0.1, 0.15) is 54.6 Å². The highest BCUT2D eigenvalue weighted by Crippen LogP contribution is 2.43. The summed E-state index contributed by atoms with van der Waals surface area (Å²) in [6.07, 6.45) is 6.03. The summed E-state index contributed by atoms with van der Waals surface area (Å²) in [5.41, 5.74) is 1.40. The van der Waals surface area contributed by atoms with Gasteiger partial charge >= 0.3 is 0 Å². The molecule has 2 nitrogen and oxygen atoms in total. The molecule has 1 heterocycles. The molecule has 0 amide bonds. The minimum absolute atomic E-state index is 0.605. The zero-order chi connectivity index (χ0) is 12.3. The van der Waals surface area contributed by atoms with Gasteiger partial charge in [0.25, 0.3) is 0 Å². The third-order valence-electron chi connectivity index (χ3n) is 3.23. The zero-order valence-electron chi connectivity index (χ0n) is 11.0. The van der Waals surface area contributed by atoms with Crippen LogP contribution in [0.4, 0.5) is 0 Å². The number of nitrogens with one attached hydrogen (secondary N) is 1. The van der Waals surface area contributed by atoms with Crippen molar-refractivity contribution < 1.29 is 0 Å². The lowest BCUT2D eigenvalue weighted by molar-refractivity contribution is 0.535. The normalized spacial score (nSPS) is 17.4. The average molecular weight is 270 g/mol. The second kappa shape index (κ2) is 6.21. The van der Waals surface area contributed by atoms with E-state index in [0.717, 1.165) is 18.2 Å². The highest BCUT2D eigenvalue weighted by Gasteiger charge is 2.29. The van der Waals surface area contributed by atoms with Crippen molar-refractivity contribution in [2.24, 2.45) is 0 Å². The van der Waals surface area contributed by atoms with Crippen LogP contribution in [0.15, 0.2) is 0 Å². The highest BCUT2D eigenvalue weighted by atomic mass is 32.2. The van der Waals surface area contributed by atoms with E-state index in [9.17, 15) is 0 Å². The molecule has 1 aromatic rings. The molecule has 1 saturated carbocycles. The van der Waals surface area contributed by atoms with E-state index >= 15 is 0 Å². The molecule has 1 fully saturated rings.